The van der Waals surface area contributed by atoms with Gasteiger partial charge in [-0.1, -0.05) is 18.2 Å². The number of benzene rings is 1. The largest absolute Gasteiger partial charge is 0.493 e. The Morgan fingerprint density at radius 2 is 2.16 bits per heavy atom. The molecular formula is C19H19NO4S. The summed E-state index contributed by atoms with van der Waals surface area (Å²) in [4.78, 5) is 26.6. The summed E-state index contributed by atoms with van der Waals surface area (Å²) in [5, 5.41) is 13.9. The average molecular weight is 357 g/mol. The minimum atomic E-state index is -0.975. The lowest BCUT2D eigenvalue weighted by Crippen LogP contribution is -2.42. The van der Waals surface area contributed by atoms with Gasteiger partial charge >= 0.3 is 5.97 Å². The quantitative estimate of drug-likeness (QED) is 0.916. The van der Waals surface area contributed by atoms with Crippen LogP contribution in [0.15, 0.2) is 41.1 Å². The van der Waals surface area contributed by atoms with E-state index in [1.165, 1.54) is 0 Å². The number of rotatable bonds is 3. The second-order valence-electron chi connectivity index (χ2n) is 6.84. The second kappa shape index (κ2) is 6.19. The van der Waals surface area contributed by atoms with Crippen LogP contribution in [0.4, 0.5) is 0 Å². The zero-order valence-corrected chi connectivity index (χ0v) is 14.5. The first-order chi connectivity index (χ1) is 12.1. The molecule has 4 rings (SSSR count). The summed E-state index contributed by atoms with van der Waals surface area (Å²) in [7, 11) is 0. The van der Waals surface area contributed by atoms with Crippen LogP contribution in [-0.4, -0.2) is 41.6 Å². The van der Waals surface area contributed by atoms with Crippen LogP contribution < -0.4 is 4.74 Å². The molecule has 2 atom stereocenters. The van der Waals surface area contributed by atoms with Gasteiger partial charge < -0.3 is 14.7 Å². The molecule has 0 unspecified atom stereocenters. The number of carbonyl (C=O) groups excluding carboxylic acids is 1. The van der Waals surface area contributed by atoms with Crippen LogP contribution in [0.1, 0.15) is 11.1 Å². The Kier molecular flexibility index (Phi) is 4.00. The Labute approximate surface area is 149 Å². The summed E-state index contributed by atoms with van der Waals surface area (Å²) in [5.74, 6) is -0.304. The predicted octanol–water partition coefficient (Wildman–Crippen LogP) is 2.46. The molecule has 2 aliphatic rings. The number of hydrogen-bond donors (Lipinski definition) is 1. The molecule has 0 aliphatic carbocycles. The van der Waals surface area contributed by atoms with Gasteiger partial charge in [-0.2, -0.15) is 11.3 Å². The molecule has 0 saturated carbocycles. The van der Waals surface area contributed by atoms with Gasteiger partial charge in [0.05, 0.1) is 18.4 Å². The van der Waals surface area contributed by atoms with Gasteiger partial charge in [0.2, 0.25) is 5.91 Å². The minimum absolute atomic E-state index is 0.0135. The Balaban J connectivity index is 1.60. The molecule has 2 aromatic rings. The molecule has 0 spiro atoms. The number of hydrogen-bond acceptors (Lipinski definition) is 4. The van der Waals surface area contributed by atoms with Crippen molar-refractivity contribution in [2.24, 2.45) is 11.3 Å². The topological polar surface area (TPSA) is 66.8 Å². The number of nitrogens with zero attached hydrogens (tertiary/aromatic N) is 1. The first-order valence-corrected chi connectivity index (χ1v) is 9.26. The molecule has 2 aliphatic heterocycles. The van der Waals surface area contributed by atoms with Crippen molar-refractivity contribution in [3.63, 3.8) is 0 Å². The van der Waals surface area contributed by atoms with E-state index in [-0.39, 0.29) is 18.4 Å². The minimum Gasteiger partial charge on any atom is -0.493 e. The van der Waals surface area contributed by atoms with Crippen molar-refractivity contribution < 1.29 is 19.4 Å². The van der Waals surface area contributed by atoms with Gasteiger partial charge in [0.15, 0.2) is 0 Å². The second-order valence-corrected chi connectivity index (χ2v) is 7.62. The fourth-order valence-corrected chi connectivity index (χ4v) is 4.56. The lowest BCUT2D eigenvalue weighted by molar-refractivity contribution is -0.151. The van der Waals surface area contributed by atoms with Gasteiger partial charge in [-0.25, -0.2) is 0 Å². The summed E-state index contributed by atoms with van der Waals surface area (Å²) in [6.07, 6.45) is 0.717. The third-order valence-electron chi connectivity index (χ3n) is 5.33. The fraction of sp³-hybridized carbons (Fsp3) is 0.368. The Morgan fingerprint density at radius 3 is 2.92 bits per heavy atom. The Hall–Kier alpha value is -2.34. The molecule has 1 saturated heterocycles. The monoisotopic (exact) mass is 357 g/mol. The number of amides is 1. The van der Waals surface area contributed by atoms with E-state index in [1.54, 1.807) is 16.2 Å². The van der Waals surface area contributed by atoms with Crippen molar-refractivity contribution in [2.75, 3.05) is 19.7 Å². The molecule has 5 nitrogen and oxygen atoms in total. The molecule has 6 heteroatoms. The molecule has 130 valence electrons. The summed E-state index contributed by atoms with van der Waals surface area (Å²) < 4.78 is 5.87. The molecule has 0 bridgehead atoms. The van der Waals surface area contributed by atoms with Crippen molar-refractivity contribution in [3.8, 4) is 5.75 Å². The lowest BCUT2D eigenvalue weighted by atomic mass is 9.74. The maximum Gasteiger partial charge on any atom is 0.312 e. The summed E-state index contributed by atoms with van der Waals surface area (Å²) in [6.45, 7) is 1.00. The van der Waals surface area contributed by atoms with Crippen LogP contribution in [0.3, 0.4) is 0 Å². The van der Waals surface area contributed by atoms with E-state index in [2.05, 4.69) is 0 Å². The molecule has 1 aromatic carbocycles. The smallest absolute Gasteiger partial charge is 0.312 e. The van der Waals surface area contributed by atoms with E-state index >= 15 is 0 Å². The highest BCUT2D eigenvalue weighted by Crippen LogP contribution is 2.44. The summed E-state index contributed by atoms with van der Waals surface area (Å²) in [5.41, 5.74) is 0.907. The van der Waals surface area contributed by atoms with E-state index in [0.29, 0.717) is 26.0 Å². The number of fused-ring (bicyclic) bond motifs is 2. The van der Waals surface area contributed by atoms with Crippen molar-refractivity contribution >= 4 is 23.2 Å². The number of carboxylic acids is 1. The molecular weight excluding hydrogens is 338 g/mol. The van der Waals surface area contributed by atoms with Gasteiger partial charge in [-0.3, -0.25) is 9.59 Å². The van der Waals surface area contributed by atoms with Gasteiger partial charge in [0.1, 0.15) is 5.75 Å². The summed E-state index contributed by atoms with van der Waals surface area (Å²) >= 11 is 1.56. The van der Waals surface area contributed by atoms with E-state index in [0.717, 1.165) is 16.9 Å². The van der Waals surface area contributed by atoms with Crippen LogP contribution in [0, 0.1) is 11.3 Å². The third kappa shape index (κ3) is 2.80. The standard InChI is InChI=1S/C19H19NO4S/c21-17(7-13-5-6-25-11-13)20-9-15-10-24-16-4-2-1-3-14(16)8-19(15,12-20)18(22)23/h1-6,11,15H,7-10,12H2,(H,22,23)/t15-,19+/m0/s1. The number of ether oxygens (including phenoxy) is 1. The molecule has 3 heterocycles. The summed E-state index contributed by atoms with van der Waals surface area (Å²) in [6, 6.07) is 9.52. The zero-order valence-electron chi connectivity index (χ0n) is 13.7. The molecule has 1 amide bonds. The van der Waals surface area contributed by atoms with Crippen LogP contribution in [0.2, 0.25) is 0 Å². The van der Waals surface area contributed by atoms with Crippen molar-refractivity contribution in [1.82, 2.24) is 4.90 Å². The normalized spacial score (nSPS) is 24.8. The number of likely N-dealkylation sites (tertiary alicyclic amines) is 1. The zero-order chi connectivity index (χ0) is 17.4. The van der Waals surface area contributed by atoms with Crippen LogP contribution in [0.25, 0.3) is 0 Å². The predicted molar refractivity (Wildman–Crippen MR) is 93.8 cm³/mol. The third-order valence-corrected chi connectivity index (χ3v) is 6.06. The SMILES string of the molecule is O=C(Cc1ccsc1)N1C[C@H]2COc3ccccc3C[C@@]2(C(=O)O)C1. The highest BCUT2D eigenvalue weighted by molar-refractivity contribution is 7.08. The van der Waals surface area contributed by atoms with E-state index in [4.69, 9.17) is 4.74 Å². The van der Waals surface area contributed by atoms with Gasteiger partial charge in [0.25, 0.3) is 0 Å². The van der Waals surface area contributed by atoms with Gasteiger partial charge in [0, 0.05) is 19.0 Å². The molecule has 1 aromatic heterocycles. The van der Waals surface area contributed by atoms with Crippen molar-refractivity contribution in [2.45, 2.75) is 12.8 Å². The van der Waals surface area contributed by atoms with Crippen LogP contribution in [-0.2, 0) is 22.4 Å². The highest BCUT2D eigenvalue weighted by Gasteiger charge is 2.55. The first-order valence-electron chi connectivity index (χ1n) is 8.31. The number of para-hydroxylation sites is 1. The van der Waals surface area contributed by atoms with Crippen LogP contribution >= 0.6 is 11.3 Å². The fourth-order valence-electron chi connectivity index (χ4n) is 3.90. The highest BCUT2D eigenvalue weighted by atomic mass is 32.1. The lowest BCUT2D eigenvalue weighted by Gasteiger charge is -2.27. The number of aliphatic carboxylic acids is 1. The van der Waals surface area contributed by atoms with Crippen LogP contribution in [0.5, 0.6) is 5.75 Å². The maximum atomic E-state index is 12.6. The van der Waals surface area contributed by atoms with Gasteiger partial charge in [-0.15, -0.1) is 0 Å². The Morgan fingerprint density at radius 1 is 1.32 bits per heavy atom. The number of thiophene rings is 1. The van der Waals surface area contributed by atoms with Gasteiger partial charge in [-0.05, 0) is 40.4 Å². The Bertz CT molecular complexity index is 804. The number of carbonyl (C=O) groups is 2. The molecule has 1 fully saturated rings. The van der Waals surface area contributed by atoms with Crippen molar-refractivity contribution in [1.29, 1.82) is 0 Å². The van der Waals surface area contributed by atoms with E-state index in [1.807, 2.05) is 41.1 Å². The average Bonchev–Trinajstić information content (AvgIpc) is 3.20. The molecule has 1 N–H and O–H groups in total. The first kappa shape index (κ1) is 16.1. The molecule has 0 radical (unpaired) electrons. The number of carboxylic acid groups (broad SMARTS) is 1. The molecule has 25 heavy (non-hydrogen) atoms. The van der Waals surface area contributed by atoms with Crippen molar-refractivity contribution in [3.05, 3.63) is 52.2 Å². The van der Waals surface area contributed by atoms with E-state index in [9.17, 15) is 14.7 Å². The maximum absolute atomic E-state index is 12.6. The van der Waals surface area contributed by atoms with E-state index < -0.39 is 11.4 Å².